The van der Waals surface area contributed by atoms with Crippen LogP contribution in [-0.4, -0.2) is 11.3 Å². The zero-order valence-corrected chi connectivity index (χ0v) is 8.87. The van der Waals surface area contributed by atoms with Crippen LogP contribution in [0.1, 0.15) is 48.9 Å². The van der Waals surface area contributed by atoms with E-state index >= 15 is 0 Å². The molecule has 0 radical (unpaired) electrons. The molecule has 1 aliphatic carbocycles. The van der Waals surface area contributed by atoms with Crippen LogP contribution in [-0.2, 0) is 0 Å². The number of hydrogen-bond donors (Lipinski definition) is 1. The highest BCUT2D eigenvalue weighted by molar-refractivity contribution is 5.96. The lowest BCUT2D eigenvalue weighted by atomic mass is 9.78. The van der Waals surface area contributed by atoms with Gasteiger partial charge in [-0.1, -0.05) is 19.3 Å². The third kappa shape index (κ3) is 2.48. The lowest BCUT2D eigenvalue weighted by molar-refractivity contribution is 0.0934. The highest BCUT2D eigenvalue weighted by atomic mass is 16.3. The van der Waals surface area contributed by atoms with Crippen molar-refractivity contribution in [3.05, 3.63) is 24.2 Å². The summed E-state index contributed by atoms with van der Waals surface area (Å²) in [6.07, 6.45) is 8.95. The van der Waals surface area contributed by atoms with Crippen molar-refractivity contribution < 1.29 is 9.21 Å². The standard InChI is InChI=1S/C12H17NO2/c13-12(5-2-1-3-6-12)8-11(14)10-4-7-15-9-10/h4,7,9H,1-3,5-6,8,13H2. The number of furan rings is 1. The van der Waals surface area contributed by atoms with E-state index in [2.05, 4.69) is 0 Å². The van der Waals surface area contributed by atoms with Gasteiger partial charge in [-0.15, -0.1) is 0 Å². The molecule has 0 unspecified atom stereocenters. The van der Waals surface area contributed by atoms with Crippen LogP contribution in [0.4, 0.5) is 0 Å². The Kier molecular flexibility index (Phi) is 2.91. The molecule has 2 N–H and O–H groups in total. The van der Waals surface area contributed by atoms with Crippen molar-refractivity contribution in [3.63, 3.8) is 0 Å². The van der Waals surface area contributed by atoms with Crippen molar-refractivity contribution in [1.82, 2.24) is 0 Å². The average Bonchev–Trinajstić information content (AvgIpc) is 2.70. The number of ketones is 1. The minimum atomic E-state index is -0.271. The van der Waals surface area contributed by atoms with E-state index in [9.17, 15) is 4.79 Å². The number of rotatable bonds is 3. The van der Waals surface area contributed by atoms with Crippen molar-refractivity contribution in [2.45, 2.75) is 44.1 Å². The molecule has 1 fully saturated rings. The van der Waals surface area contributed by atoms with E-state index in [1.54, 1.807) is 6.07 Å². The Hall–Kier alpha value is -1.09. The maximum absolute atomic E-state index is 11.8. The summed E-state index contributed by atoms with van der Waals surface area (Å²) in [6, 6.07) is 1.70. The minimum Gasteiger partial charge on any atom is -0.472 e. The van der Waals surface area contributed by atoms with Gasteiger partial charge in [0.25, 0.3) is 0 Å². The summed E-state index contributed by atoms with van der Waals surface area (Å²) in [5.74, 6) is 0.105. The summed E-state index contributed by atoms with van der Waals surface area (Å²) >= 11 is 0. The molecular weight excluding hydrogens is 190 g/mol. The van der Waals surface area contributed by atoms with Crippen LogP contribution >= 0.6 is 0 Å². The predicted molar refractivity (Wildman–Crippen MR) is 57.7 cm³/mol. The van der Waals surface area contributed by atoms with Gasteiger partial charge >= 0.3 is 0 Å². The third-order valence-electron chi connectivity index (χ3n) is 3.21. The molecule has 2 rings (SSSR count). The van der Waals surface area contributed by atoms with Gasteiger partial charge in [0, 0.05) is 12.0 Å². The maximum Gasteiger partial charge on any atom is 0.167 e. The monoisotopic (exact) mass is 207 g/mol. The van der Waals surface area contributed by atoms with Gasteiger partial charge in [0.2, 0.25) is 0 Å². The molecule has 0 aromatic carbocycles. The van der Waals surface area contributed by atoms with Crippen molar-refractivity contribution in [3.8, 4) is 0 Å². The topological polar surface area (TPSA) is 56.2 Å². The van der Waals surface area contributed by atoms with Gasteiger partial charge in [0.15, 0.2) is 5.78 Å². The Bertz CT molecular complexity index is 323. The Morgan fingerprint density at radius 3 is 2.73 bits per heavy atom. The van der Waals surface area contributed by atoms with Crippen LogP contribution in [0.15, 0.2) is 23.0 Å². The van der Waals surface area contributed by atoms with E-state index in [0.717, 1.165) is 25.7 Å². The van der Waals surface area contributed by atoms with Gasteiger partial charge in [-0.05, 0) is 18.9 Å². The first kappa shape index (κ1) is 10.4. The zero-order valence-electron chi connectivity index (χ0n) is 8.87. The second kappa shape index (κ2) is 4.19. The van der Waals surface area contributed by atoms with E-state index < -0.39 is 0 Å². The molecule has 0 aliphatic heterocycles. The molecule has 1 aliphatic rings. The minimum absolute atomic E-state index is 0.105. The fraction of sp³-hybridized carbons (Fsp3) is 0.583. The molecule has 82 valence electrons. The molecule has 0 bridgehead atoms. The summed E-state index contributed by atoms with van der Waals surface area (Å²) in [5.41, 5.74) is 6.59. The third-order valence-corrected chi connectivity index (χ3v) is 3.21. The zero-order chi connectivity index (χ0) is 10.7. The van der Waals surface area contributed by atoms with Crippen LogP contribution < -0.4 is 5.73 Å². The predicted octanol–water partition coefficient (Wildman–Crippen LogP) is 2.51. The molecule has 1 heterocycles. The van der Waals surface area contributed by atoms with Gasteiger partial charge in [0.1, 0.15) is 6.26 Å². The Morgan fingerprint density at radius 2 is 2.13 bits per heavy atom. The smallest absolute Gasteiger partial charge is 0.167 e. The number of carbonyl (C=O) groups is 1. The van der Waals surface area contributed by atoms with Crippen LogP contribution in [0.5, 0.6) is 0 Å². The normalized spacial score (nSPS) is 20.1. The molecule has 1 saturated carbocycles. The first-order valence-corrected chi connectivity index (χ1v) is 5.54. The summed E-state index contributed by atoms with van der Waals surface area (Å²) in [5, 5.41) is 0. The van der Waals surface area contributed by atoms with E-state index in [4.69, 9.17) is 10.2 Å². The fourth-order valence-electron chi connectivity index (χ4n) is 2.28. The first-order valence-electron chi connectivity index (χ1n) is 5.54. The second-order valence-corrected chi connectivity index (χ2v) is 4.54. The molecule has 1 aromatic rings. The number of Topliss-reactive ketones (excluding diaryl/α,β-unsaturated/α-hetero) is 1. The highest BCUT2D eigenvalue weighted by Crippen LogP contribution is 2.29. The Balaban J connectivity index is 1.98. The summed E-state index contributed by atoms with van der Waals surface area (Å²) in [6.45, 7) is 0. The van der Waals surface area contributed by atoms with Crippen LogP contribution in [0.25, 0.3) is 0 Å². The lowest BCUT2D eigenvalue weighted by Crippen LogP contribution is -2.43. The Morgan fingerprint density at radius 1 is 1.40 bits per heavy atom. The van der Waals surface area contributed by atoms with Gasteiger partial charge in [-0.3, -0.25) is 4.79 Å². The largest absolute Gasteiger partial charge is 0.472 e. The molecule has 1 aromatic heterocycles. The fourth-order valence-corrected chi connectivity index (χ4v) is 2.28. The van der Waals surface area contributed by atoms with E-state index in [-0.39, 0.29) is 11.3 Å². The van der Waals surface area contributed by atoms with Crippen molar-refractivity contribution in [2.75, 3.05) is 0 Å². The Labute approximate surface area is 89.6 Å². The molecule has 0 spiro atoms. The van der Waals surface area contributed by atoms with Crippen LogP contribution in [0, 0.1) is 0 Å². The molecule has 0 amide bonds. The number of carbonyl (C=O) groups excluding carboxylic acids is 1. The SMILES string of the molecule is NC1(CC(=O)c2ccoc2)CCCCC1. The van der Waals surface area contributed by atoms with E-state index in [0.29, 0.717) is 12.0 Å². The van der Waals surface area contributed by atoms with Crippen molar-refractivity contribution in [1.29, 1.82) is 0 Å². The molecule has 0 saturated heterocycles. The second-order valence-electron chi connectivity index (χ2n) is 4.54. The lowest BCUT2D eigenvalue weighted by Gasteiger charge is -2.32. The number of hydrogen-bond acceptors (Lipinski definition) is 3. The molecule has 3 nitrogen and oxygen atoms in total. The maximum atomic E-state index is 11.8. The molecule has 15 heavy (non-hydrogen) atoms. The van der Waals surface area contributed by atoms with Crippen molar-refractivity contribution >= 4 is 5.78 Å². The van der Waals surface area contributed by atoms with Crippen LogP contribution in [0.3, 0.4) is 0 Å². The molecule has 0 atom stereocenters. The van der Waals surface area contributed by atoms with Crippen LogP contribution in [0.2, 0.25) is 0 Å². The number of nitrogens with two attached hydrogens (primary N) is 1. The molecule has 3 heteroatoms. The van der Waals surface area contributed by atoms with Gasteiger partial charge in [0.05, 0.1) is 11.8 Å². The van der Waals surface area contributed by atoms with E-state index in [1.807, 2.05) is 0 Å². The highest BCUT2D eigenvalue weighted by Gasteiger charge is 2.30. The van der Waals surface area contributed by atoms with E-state index in [1.165, 1.54) is 18.9 Å². The summed E-state index contributed by atoms with van der Waals surface area (Å²) < 4.78 is 4.90. The summed E-state index contributed by atoms with van der Waals surface area (Å²) in [4.78, 5) is 11.8. The van der Waals surface area contributed by atoms with Crippen molar-refractivity contribution in [2.24, 2.45) is 5.73 Å². The summed E-state index contributed by atoms with van der Waals surface area (Å²) in [7, 11) is 0. The molecular formula is C12H17NO2. The quantitative estimate of drug-likeness (QED) is 0.775. The van der Waals surface area contributed by atoms with Gasteiger partial charge in [-0.2, -0.15) is 0 Å². The average molecular weight is 207 g/mol. The van der Waals surface area contributed by atoms with Gasteiger partial charge in [-0.25, -0.2) is 0 Å². The van der Waals surface area contributed by atoms with Gasteiger partial charge < -0.3 is 10.2 Å². The first-order chi connectivity index (χ1) is 7.20.